The van der Waals surface area contributed by atoms with Crippen molar-refractivity contribution in [3.63, 3.8) is 0 Å². The second-order valence-electron chi connectivity index (χ2n) is 6.82. The molecule has 0 aliphatic carbocycles. The van der Waals surface area contributed by atoms with Crippen LogP contribution in [-0.2, 0) is 10.0 Å². The molecule has 0 atom stereocenters. The highest BCUT2D eigenvalue weighted by molar-refractivity contribution is 7.89. The summed E-state index contributed by atoms with van der Waals surface area (Å²) in [5, 5.41) is 8.16. The number of anilines is 2. The average molecular weight is 435 g/mol. The predicted molar refractivity (Wildman–Crippen MR) is 116 cm³/mol. The topological polar surface area (TPSA) is 111 Å². The van der Waals surface area contributed by atoms with Crippen molar-refractivity contribution < 1.29 is 12.8 Å². The van der Waals surface area contributed by atoms with Gasteiger partial charge in [-0.2, -0.15) is 0 Å². The van der Waals surface area contributed by atoms with E-state index in [1.165, 1.54) is 18.2 Å². The Balaban J connectivity index is 1.67. The number of aryl methyl sites for hydroxylation is 1. The molecule has 0 aliphatic heterocycles. The number of rotatable bonds is 5. The molecule has 2 heterocycles. The number of benzene rings is 2. The molecule has 0 bridgehead atoms. The highest BCUT2D eigenvalue weighted by Gasteiger charge is 2.12. The number of primary sulfonamides is 1. The van der Waals surface area contributed by atoms with Crippen LogP contribution in [0.2, 0.25) is 0 Å². The van der Waals surface area contributed by atoms with Gasteiger partial charge in [0.05, 0.1) is 16.3 Å². The fourth-order valence-corrected chi connectivity index (χ4v) is 3.58. The Labute approximate surface area is 178 Å². The van der Waals surface area contributed by atoms with Gasteiger partial charge in [-0.1, -0.05) is 0 Å². The van der Waals surface area contributed by atoms with Crippen molar-refractivity contribution in [1.82, 2.24) is 15.0 Å². The maximum Gasteiger partial charge on any atom is 0.238 e. The first-order valence-corrected chi connectivity index (χ1v) is 10.8. The van der Waals surface area contributed by atoms with Crippen LogP contribution in [0.15, 0.2) is 78.0 Å². The van der Waals surface area contributed by atoms with Gasteiger partial charge < -0.3 is 5.32 Å². The molecule has 0 saturated heterocycles. The average Bonchev–Trinajstić information content (AvgIpc) is 2.76. The van der Waals surface area contributed by atoms with Gasteiger partial charge in [0.25, 0.3) is 0 Å². The van der Waals surface area contributed by atoms with Crippen molar-refractivity contribution in [3.05, 3.63) is 84.4 Å². The number of nitrogens with one attached hydrogen (secondary N) is 1. The number of hydrogen-bond donors (Lipinski definition) is 2. The number of nitrogens with two attached hydrogens (primary N) is 1. The maximum absolute atomic E-state index is 13.7. The zero-order valence-corrected chi connectivity index (χ0v) is 17.3. The third kappa shape index (κ3) is 4.57. The molecule has 0 unspecified atom stereocenters. The summed E-state index contributed by atoms with van der Waals surface area (Å²) in [7, 11) is -3.76. The minimum Gasteiger partial charge on any atom is -0.324 e. The summed E-state index contributed by atoms with van der Waals surface area (Å²) >= 11 is 0. The van der Waals surface area contributed by atoms with E-state index < -0.39 is 10.0 Å². The van der Waals surface area contributed by atoms with Gasteiger partial charge in [-0.15, -0.1) is 0 Å². The van der Waals surface area contributed by atoms with Crippen LogP contribution in [0.4, 0.5) is 16.0 Å². The van der Waals surface area contributed by atoms with Crippen LogP contribution in [-0.4, -0.2) is 23.4 Å². The van der Waals surface area contributed by atoms with Crippen molar-refractivity contribution in [2.75, 3.05) is 5.32 Å². The van der Waals surface area contributed by atoms with E-state index in [1.54, 1.807) is 55.7 Å². The van der Waals surface area contributed by atoms with Gasteiger partial charge >= 0.3 is 0 Å². The minimum atomic E-state index is -3.76. The fourth-order valence-electron chi connectivity index (χ4n) is 3.06. The van der Waals surface area contributed by atoms with Crippen molar-refractivity contribution in [3.8, 4) is 22.5 Å². The number of halogens is 1. The first-order chi connectivity index (χ1) is 14.8. The van der Waals surface area contributed by atoms with Gasteiger partial charge in [0.15, 0.2) is 0 Å². The molecule has 7 nitrogen and oxygen atoms in total. The van der Waals surface area contributed by atoms with Crippen LogP contribution in [0.3, 0.4) is 0 Å². The van der Waals surface area contributed by atoms with Crippen molar-refractivity contribution in [2.45, 2.75) is 11.8 Å². The number of pyridine rings is 1. The Morgan fingerprint density at radius 1 is 0.968 bits per heavy atom. The van der Waals surface area contributed by atoms with Crippen LogP contribution in [0, 0.1) is 12.7 Å². The molecular weight excluding hydrogens is 417 g/mol. The van der Waals surface area contributed by atoms with E-state index in [2.05, 4.69) is 20.3 Å². The molecule has 3 N–H and O–H groups in total. The quantitative estimate of drug-likeness (QED) is 0.489. The van der Waals surface area contributed by atoms with E-state index in [0.717, 1.165) is 11.1 Å². The third-order valence-corrected chi connectivity index (χ3v) is 5.54. The molecule has 4 rings (SSSR count). The van der Waals surface area contributed by atoms with Gasteiger partial charge in [-0.3, -0.25) is 4.98 Å². The van der Waals surface area contributed by atoms with E-state index in [1.807, 2.05) is 6.07 Å². The van der Waals surface area contributed by atoms with Crippen LogP contribution in [0.5, 0.6) is 0 Å². The van der Waals surface area contributed by atoms with E-state index >= 15 is 0 Å². The highest BCUT2D eigenvalue weighted by Crippen LogP contribution is 2.30. The SMILES string of the molecule is Cc1cc(-c2ncccc2-c2ccnc(Nc3ccc(S(N)(=O)=O)cc3)n2)ccc1F. The summed E-state index contributed by atoms with van der Waals surface area (Å²) in [5.74, 6) is 0.0501. The van der Waals surface area contributed by atoms with Crippen LogP contribution >= 0.6 is 0 Å². The molecule has 0 spiro atoms. The lowest BCUT2D eigenvalue weighted by Gasteiger charge is -2.11. The third-order valence-electron chi connectivity index (χ3n) is 4.61. The number of aromatic nitrogens is 3. The standard InChI is InChI=1S/C22H18FN5O2S/c1-14-13-15(4-9-19(14)23)21-18(3-2-11-25-21)20-10-12-26-22(28-20)27-16-5-7-17(8-6-16)31(24,29)30/h2-13H,1H3,(H2,24,29,30)(H,26,27,28). The highest BCUT2D eigenvalue weighted by atomic mass is 32.2. The van der Waals surface area contributed by atoms with E-state index in [9.17, 15) is 12.8 Å². The number of nitrogens with zero attached hydrogens (tertiary/aromatic N) is 3. The Morgan fingerprint density at radius 3 is 2.45 bits per heavy atom. The Bertz CT molecular complexity index is 1360. The molecule has 9 heteroatoms. The molecule has 2 aromatic carbocycles. The Hall–Kier alpha value is -3.69. The fraction of sp³-hybridized carbons (Fsp3) is 0.0455. The summed E-state index contributed by atoms with van der Waals surface area (Å²) in [6.45, 7) is 1.70. The van der Waals surface area contributed by atoms with E-state index in [0.29, 0.717) is 28.6 Å². The second-order valence-corrected chi connectivity index (χ2v) is 8.38. The predicted octanol–water partition coefficient (Wildman–Crippen LogP) is 4.04. The van der Waals surface area contributed by atoms with Crippen LogP contribution in [0.1, 0.15) is 5.56 Å². The van der Waals surface area contributed by atoms with Crippen molar-refractivity contribution in [2.24, 2.45) is 5.14 Å². The van der Waals surface area contributed by atoms with Crippen LogP contribution < -0.4 is 10.5 Å². The lowest BCUT2D eigenvalue weighted by molar-refractivity contribution is 0.598. The summed E-state index contributed by atoms with van der Waals surface area (Å²) in [6, 6.07) is 16.2. The molecule has 2 aromatic heterocycles. The minimum absolute atomic E-state index is 0.0160. The molecule has 0 amide bonds. The molecule has 4 aromatic rings. The summed E-state index contributed by atoms with van der Waals surface area (Å²) in [5.41, 5.74) is 3.98. The zero-order valence-electron chi connectivity index (χ0n) is 16.4. The van der Waals surface area contributed by atoms with Gasteiger partial charge in [-0.25, -0.2) is 27.9 Å². The number of hydrogen-bond acceptors (Lipinski definition) is 6. The maximum atomic E-state index is 13.7. The van der Waals surface area contributed by atoms with Crippen LogP contribution in [0.25, 0.3) is 22.5 Å². The molecule has 0 saturated carbocycles. The lowest BCUT2D eigenvalue weighted by atomic mass is 10.0. The van der Waals surface area contributed by atoms with Crippen molar-refractivity contribution in [1.29, 1.82) is 0 Å². The van der Waals surface area contributed by atoms with Crippen molar-refractivity contribution >= 4 is 21.7 Å². The molecule has 31 heavy (non-hydrogen) atoms. The molecule has 0 aliphatic rings. The summed E-state index contributed by atoms with van der Waals surface area (Å²) in [4.78, 5) is 13.3. The first kappa shape index (κ1) is 20.6. The summed E-state index contributed by atoms with van der Waals surface area (Å²) < 4.78 is 36.5. The second kappa shape index (κ2) is 8.21. The van der Waals surface area contributed by atoms with E-state index in [-0.39, 0.29) is 10.7 Å². The molecule has 0 radical (unpaired) electrons. The van der Waals surface area contributed by atoms with E-state index in [4.69, 9.17) is 5.14 Å². The largest absolute Gasteiger partial charge is 0.324 e. The molecule has 0 fully saturated rings. The van der Waals surface area contributed by atoms with Gasteiger partial charge in [0.2, 0.25) is 16.0 Å². The number of sulfonamides is 1. The molecule has 156 valence electrons. The van der Waals surface area contributed by atoms with Gasteiger partial charge in [0, 0.05) is 29.2 Å². The lowest BCUT2D eigenvalue weighted by Crippen LogP contribution is -2.11. The Morgan fingerprint density at radius 2 is 1.74 bits per heavy atom. The molecular formula is C22H18FN5O2S. The summed E-state index contributed by atoms with van der Waals surface area (Å²) in [6.07, 6.45) is 3.28. The van der Waals surface area contributed by atoms with Gasteiger partial charge in [0.1, 0.15) is 5.82 Å². The zero-order chi connectivity index (χ0) is 22.0. The smallest absolute Gasteiger partial charge is 0.238 e. The monoisotopic (exact) mass is 435 g/mol. The van der Waals surface area contributed by atoms with Gasteiger partial charge in [-0.05, 0) is 73.2 Å². The normalized spacial score (nSPS) is 11.3. The first-order valence-electron chi connectivity index (χ1n) is 9.26. The Kier molecular flexibility index (Phi) is 5.45.